The predicted molar refractivity (Wildman–Crippen MR) is 77.4 cm³/mol. The Hall–Kier alpha value is -2.10. The summed E-state index contributed by atoms with van der Waals surface area (Å²) >= 11 is 0. The molecule has 0 spiro atoms. The van der Waals surface area contributed by atoms with Crippen molar-refractivity contribution in [2.75, 3.05) is 23.5 Å². The molecule has 0 fully saturated rings. The average molecular weight is 254 g/mol. The van der Waals surface area contributed by atoms with Gasteiger partial charge in [0.25, 0.3) is 0 Å². The molecule has 4 heteroatoms. The molecular weight excluding hydrogens is 236 g/mol. The Morgan fingerprint density at radius 3 is 2.89 bits per heavy atom. The second kappa shape index (κ2) is 4.53. The highest BCUT2D eigenvalue weighted by Crippen LogP contribution is 2.33. The van der Waals surface area contributed by atoms with Gasteiger partial charge in [-0.1, -0.05) is 29.8 Å². The third kappa shape index (κ3) is 2.26. The zero-order valence-corrected chi connectivity index (χ0v) is 11.6. The van der Waals surface area contributed by atoms with Gasteiger partial charge in [0.05, 0.1) is 12.9 Å². The highest BCUT2D eigenvalue weighted by atomic mass is 15.4. The molecule has 0 saturated heterocycles. The summed E-state index contributed by atoms with van der Waals surface area (Å²) in [7, 11) is 2.07. The minimum absolute atomic E-state index is 0.822. The van der Waals surface area contributed by atoms with Crippen molar-refractivity contribution in [3.63, 3.8) is 0 Å². The summed E-state index contributed by atoms with van der Waals surface area (Å²) in [6.07, 6.45) is 1.93. The number of benzene rings is 1. The van der Waals surface area contributed by atoms with Gasteiger partial charge in [-0.05, 0) is 19.4 Å². The van der Waals surface area contributed by atoms with E-state index in [1.54, 1.807) is 0 Å². The number of rotatable bonds is 2. The van der Waals surface area contributed by atoms with Crippen LogP contribution in [0.25, 0.3) is 0 Å². The number of hydrogen-bond acceptors (Lipinski definition) is 4. The molecule has 1 aliphatic rings. The van der Waals surface area contributed by atoms with Crippen molar-refractivity contribution in [3.05, 3.63) is 47.4 Å². The molecule has 0 atom stereocenters. The maximum Gasteiger partial charge on any atom is 0.157 e. The van der Waals surface area contributed by atoms with Crippen LogP contribution in [0.2, 0.25) is 0 Å². The van der Waals surface area contributed by atoms with Crippen LogP contribution in [-0.4, -0.2) is 23.7 Å². The molecule has 98 valence electrons. The monoisotopic (exact) mass is 254 g/mol. The highest BCUT2D eigenvalue weighted by molar-refractivity contribution is 5.71. The lowest BCUT2D eigenvalue weighted by atomic mass is 10.1. The average Bonchev–Trinajstić information content (AvgIpc) is 2.66. The van der Waals surface area contributed by atoms with Crippen LogP contribution in [0.5, 0.6) is 0 Å². The van der Waals surface area contributed by atoms with Crippen LogP contribution in [0, 0.1) is 13.8 Å². The Morgan fingerprint density at radius 2 is 2.11 bits per heavy atom. The molecule has 2 heterocycles. The van der Waals surface area contributed by atoms with E-state index in [1.807, 2.05) is 13.1 Å². The van der Waals surface area contributed by atoms with Gasteiger partial charge in [0, 0.05) is 13.6 Å². The SMILES string of the molecule is Cc1cccc(CN2CN(C)c3nc(C)ncc32)c1. The van der Waals surface area contributed by atoms with Gasteiger partial charge in [0.1, 0.15) is 11.5 Å². The highest BCUT2D eigenvalue weighted by Gasteiger charge is 2.25. The molecule has 0 saturated carbocycles. The summed E-state index contributed by atoms with van der Waals surface area (Å²) < 4.78 is 0. The van der Waals surface area contributed by atoms with Crippen LogP contribution in [0.15, 0.2) is 30.5 Å². The Labute approximate surface area is 113 Å². The van der Waals surface area contributed by atoms with E-state index in [1.165, 1.54) is 11.1 Å². The van der Waals surface area contributed by atoms with Crippen molar-refractivity contribution in [3.8, 4) is 0 Å². The number of fused-ring (bicyclic) bond motifs is 1. The standard InChI is InChI=1S/C15H18N4/c1-11-5-4-6-13(7-11)9-19-10-18(3)15-14(19)8-16-12(2)17-15/h4-8H,9-10H2,1-3H3. The molecule has 0 N–H and O–H groups in total. The fraction of sp³-hybridized carbons (Fsp3) is 0.333. The molecule has 0 bridgehead atoms. The molecule has 2 aromatic rings. The van der Waals surface area contributed by atoms with Gasteiger partial charge in [-0.2, -0.15) is 0 Å². The Morgan fingerprint density at radius 1 is 1.26 bits per heavy atom. The van der Waals surface area contributed by atoms with E-state index in [9.17, 15) is 0 Å². The summed E-state index contributed by atoms with van der Waals surface area (Å²) in [5.41, 5.74) is 3.74. The molecule has 0 radical (unpaired) electrons. The second-order valence-electron chi connectivity index (χ2n) is 5.15. The number of nitrogens with zero attached hydrogens (tertiary/aromatic N) is 4. The second-order valence-corrected chi connectivity index (χ2v) is 5.15. The van der Waals surface area contributed by atoms with E-state index in [0.29, 0.717) is 0 Å². The Bertz CT molecular complexity index is 609. The van der Waals surface area contributed by atoms with Crippen LogP contribution in [-0.2, 0) is 6.54 Å². The van der Waals surface area contributed by atoms with Crippen molar-refractivity contribution < 1.29 is 0 Å². The van der Waals surface area contributed by atoms with Gasteiger partial charge in [0.15, 0.2) is 5.82 Å². The van der Waals surface area contributed by atoms with Crippen molar-refractivity contribution in [2.45, 2.75) is 20.4 Å². The lowest BCUT2D eigenvalue weighted by Crippen LogP contribution is -2.27. The zero-order chi connectivity index (χ0) is 13.4. The van der Waals surface area contributed by atoms with Gasteiger partial charge < -0.3 is 9.80 Å². The normalized spacial score (nSPS) is 13.8. The minimum Gasteiger partial charge on any atom is -0.345 e. The first kappa shape index (κ1) is 12.0. The minimum atomic E-state index is 0.822. The number of aromatic nitrogens is 2. The van der Waals surface area contributed by atoms with Crippen LogP contribution in [0.1, 0.15) is 17.0 Å². The summed E-state index contributed by atoms with van der Waals surface area (Å²) in [6, 6.07) is 8.63. The van der Waals surface area contributed by atoms with Gasteiger partial charge in [-0.3, -0.25) is 0 Å². The summed E-state index contributed by atoms with van der Waals surface area (Å²) in [5, 5.41) is 0. The number of anilines is 2. The molecule has 0 unspecified atom stereocenters. The maximum atomic E-state index is 4.52. The van der Waals surface area contributed by atoms with Crippen molar-refractivity contribution in [2.24, 2.45) is 0 Å². The van der Waals surface area contributed by atoms with Crippen LogP contribution in [0.4, 0.5) is 11.5 Å². The molecular formula is C15H18N4. The van der Waals surface area contributed by atoms with Gasteiger partial charge in [-0.15, -0.1) is 0 Å². The molecule has 1 aromatic carbocycles. The Balaban J connectivity index is 1.89. The lowest BCUT2D eigenvalue weighted by molar-refractivity contribution is 0.813. The predicted octanol–water partition coefficient (Wildman–Crippen LogP) is 2.51. The van der Waals surface area contributed by atoms with E-state index < -0.39 is 0 Å². The summed E-state index contributed by atoms with van der Waals surface area (Å²) in [5.74, 6) is 1.85. The zero-order valence-electron chi connectivity index (χ0n) is 11.6. The van der Waals surface area contributed by atoms with Crippen LogP contribution in [0.3, 0.4) is 0 Å². The fourth-order valence-electron chi connectivity index (χ4n) is 2.52. The maximum absolute atomic E-state index is 4.52. The molecule has 4 nitrogen and oxygen atoms in total. The first-order valence-corrected chi connectivity index (χ1v) is 6.49. The van der Waals surface area contributed by atoms with Crippen LogP contribution >= 0.6 is 0 Å². The quantitative estimate of drug-likeness (QED) is 0.824. The fourth-order valence-corrected chi connectivity index (χ4v) is 2.52. The van der Waals surface area contributed by atoms with E-state index in [-0.39, 0.29) is 0 Å². The summed E-state index contributed by atoms with van der Waals surface area (Å²) in [4.78, 5) is 13.3. The first-order chi connectivity index (χ1) is 9.13. The number of hydrogen-bond donors (Lipinski definition) is 0. The largest absolute Gasteiger partial charge is 0.345 e. The lowest BCUT2D eigenvalue weighted by Gasteiger charge is -2.19. The topological polar surface area (TPSA) is 32.3 Å². The third-order valence-electron chi connectivity index (χ3n) is 3.41. The van der Waals surface area contributed by atoms with Gasteiger partial charge in [-0.25, -0.2) is 9.97 Å². The van der Waals surface area contributed by atoms with E-state index in [0.717, 1.165) is 30.5 Å². The van der Waals surface area contributed by atoms with Gasteiger partial charge >= 0.3 is 0 Å². The molecule has 3 rings (SSSR count). The third-order valence-corrected chi connectivity index (χ3v) is 3.41. The van der Waals surface area contributed by atoms with Crippen molar-refractivity contribution in [1.82, 2.24) is 9.97 Å². The van der Waals surface area contributed by atoms with E-state index in [2.05, 4.69) is 58.0 Å². The molecule has 0 amide bonds. The van der Waals surface area contributed by atoms with Crippen molar-refractivity contribution >= 4 is 11.5 Å². The first-order valence-electron chi connectivity index (χ1n) is 6.49. The van der Waals surface area contributed by atoms with Gasteiger partial charge in [0.2, 0.25) is 0 Å². The summed E-state index contributed by atoms with van der Waals surface area (Å²) in [6.45, 7) is 5.81. The number of aryl methyl sites for hydroxylation is 2. The smallest absolute Gasteiger partial charge is 0.157 e. The Kier molecular flexibility index (Phi) is 2.85. The van der Waals surface area contributed by atoms with E-state index in [4.69, 9.17) is 0 Å². The van der Waals surface area contributed by atoms with E-state index >= 15 is 0 Å². The van der Waals surface area contributed by atoms with Crippen molar-refractivity contribution in [1.29, 1.82) is 0 Å². The molecule has 1 aliphatic heterocycles. The molecule has 19 heavy (non-hydrogen) atoms. The van der Waals surface area contributed by atoms with Crippen LogP contribution < -0.4 is 9.80 Å². The molecule has 1 aromatic heterocycles. The molecule has 0 aliphatic carbocycles.